The smallest absolute Gasteiger partial charge is 0.312 e. The fraction of sp³-hybridized carbons (Fsp3) is 0.364. The Morgan fingerprint density at radius 2 is 1.45 bits per heavy atom. The number of carbonyl (C=O) groups is 1. The van der Waals surface area contributed by atoms with Crippen LogP contribution in [0.1, 0.15) is 34.2 Å². The molecular weight excluding hydrogens is 506 g/mol. The van der Waals surface area contributed by atoms with E-state index < -0.39 is 36.2 Å². The molecule has 40 heavy (non-hydrogen) atoms. The van der Waals surface area contributed by atoms with Crippen LogP contribution in [0, 0.1) is 19.8 Å². The molecule has 0 aromatic heterocycles. The summed E-state index contributed by atoms with van der Waals surface area (Å²) in [6.07, 6.45) is 1.56. The zero-order valence-electron chi connectivity index (χ0n) is 23.2. The average molecular weight is 548 g/mol. The van der Waals surface area contributed by atoms with Crippen molar-refractivity contribution < 1.29 is 30.0 Å². The molecule has 214 valence electrons. The summed E-state index contributed by atoms with van der Waals surface area (Å²) in [5.74, 6) is -1.32. The highest BCUT2D eigenvalue weighted by molar-refractivity contribution is 5.74. The lowest BCUT2D eigenvalue weighted by molar-refractivity contribution is -0.159. The van der Waals surface area contributed by atoms with Gasteiger partial charge in [-0.15, -0.1) is 0 Å². The third-order valence-corrected chi connectivity index (χ3v) is 7.13. The standard InChI is InChI=1S/C33H41NO6/c1-22-16-26(36)17-23(2)28(22)20-30(34)32(38)15-9-14-31(37)29(19-25-12-7-4-8-13-25)33(39)40-27(21-35)18-24-10-5-3-6-11-24/h3-14,16-17,27,29-32,35-38H,15,18-21,34H2,1-2H3/b14-9+/t27-,29-,30-,31-,32-/m0/s1. The van der Waals surface area contributed by atoms with Gasteiger partial charge in [0.15, 0.2) is 0 Å². The lowest BCUT2D eigenvalue weighted by Gasteiger charge is -2.23. The molecule has 0 aliphatic carbocycles. The molecule has 0 bridgehead atoms. The van der Waals surface area contributed by atoms with Crippen LogP contribution in [0.5, 0.6) is 5.75 Å². The van der Waals surface area contributed by atoms with Gasteiger partial charge in [0, 0.05) is 12.5 Å². The van der Waals surface area contributed by atoms with Crippen molar-refractivity contribution in [1.82, 2.24) is 0 Å². The van der Waals surface area contributed by atoms with Crippen molar-refractivity contribution in [3.8, 4) is 5.75 Å². The summed E-state index contributed by atoms with van der Waals surface area (Å²) in [5.41, 5.74) is 10.9. The zero-order chi connectivity index (χ0) is 29.1. The molecule has 7 heteroatoms. The van der Waals surface area contributed by atoms with Crippen LogP contribution < -0.4 is 5.73 Å². The molecule has 0 saturated heterocycles. The van der Waals surface area contributed by atoms with E-state index in [9.17, 15) is 25.2 Å². The number of carbonyl (C=O) groups excluding carboxylic acids is 1. The predicted octanol–water partition coefficient (Wildman–Crippen LogP) is 3.55. The van der Waals surface area contributed by atoms with Gasteiger partial charge in [-0.2, -0.15) is 0 Å². The van der Waals surface area contributed by atoms with Crippen LogP contribution in [-0.2, 0) is 28.8 Å². The summed E-state index contributed by atoms with van der Waals surface area (Å²) in [6, 6.07) is 21.6. The van der Waals surface area contributed by atoms with Crippen molar-refractivity contribution in [1.29, 1.82) is 0 Å². The number of phenolic OH excluding ortho intramolecular Hbond substituents is 1. The first-order valence-electron chi connectivity index (χ1n) is 13.6. The summed E-state index contributed by atoms with van der Waals surface area (Å²) >= 11 is 0. The Labute approximate surface area is 236 Å². The summed E-state index contributed by atoms with van der Waals surface area (Å²) in [6.45, 7) is 3.45. The Bertz CT molecular complexity index is 1210. The van der Waals surface area contributed by atoms with Crippen LogP contribution >= 0.6 is 0 Å². The van der Waals surface area contributed by atoms with Crippen LogP contribution in [0.25, 0.3) is 0 Å². The first kappa shape index (κ1) is 31.0. The van der Waals surface area contributed by atoms with Gasteiger partial charge in [-0.25, -0.2) is 0 Å². The summed E-state index contributed by atoms with van der Waals surface area (Å²) < 4.78 is 5.65. The highest BCUT2D eigenvalue weighted by atomic mass is 16.6. The van der Waals surface area contributed by atoms with Crippen molar-refractivity contribution in [2.45, 2.75) is 63.9 Å². The second-order valence-corrected chi connectivity index (χ2v) is 10.4. The third kappa shape index (κ3) is 9.31. The molecule has 0 unspecified atom stereocenters. The number of esters is 1. The average Bonchev–Trinajstić information content (AvgIpc) is 2.94. The quantitative estimate of drug-likeness (QED) is 0.154. The molecule has 0 fully saturated rings. The summed E-state index contributed by atoms with van der Waals surface area (Å²) in [4.78, 5) is 13.2. The van der Waals surface area contributed by atoms with Gasteiger partial charge in [-0.3, -0.25) is 4.79 Å². The number of ether oxygens (including phenoxy) is 1. The maximum atomic E-state index is 13.2. The van der Waals surface area contributed by atoms with Crippen LogP contribution in [0.3, 0.4) is 0 Å². The Balaban J connectivity index is 1.65. The lowest BCUT2D eigenvalue weighted by atomic mass is 9.92. The van der Waals surface area contributed by atoms with Crippen LogP contribution in [0.4, 0.5) is 0 Å². The number of aliphatic hydroxyl groups is 3. The van der Waals surface area contributed by atoms with E-state index in [1.54, 1.807) is 18.2 Å². The number of aromatic hydroxyl groups is 1. The third-order valence-electron chi connectivity index (χ3n) is 7.13. The molecule has 3 aromatic rings. The van der Waals surface area contributed by atoms with E-state index in [0.29, 0.717) is 12.8 Å². The normalized spacial score (nSPS) is 15.3. The van der Waals surface area contributed by atoms with E-state index in [2.05, 4.69) is 0 Å². The molecule has 0 spiro atoms. The fourth-order valence-electron chi connectivity index (χ4n) is 4.81. The van der Waals surface area contributed by atoms with Gasteiger partial charge in [-0.1, -0.05) is 72.8 Å². The van der Waals surface area contributed by atoms with Crippen molar-refractivity contribution in [3.63, 3.8) is 0 Å². The molecule has 7 nitrogen and oxygen atoms in total. The van der Waals surface area contributed by atoms with E-state index in [0.717, 1.165) is 27.8 Å². The minimum absolute atomic E-state index is 0.189. The second kappa shape index (κ2) is 15.3. The molecule has 0 radical (unpaired) electrons. The number of phenols is 1. The van der Waals surface area contributed by atoms with Gasteiger partial charge in [-0.05, 0) is 73.1 Å². The van der Waals surface area contributed by atoms with E-state index in [4.69, 9.17) is 10.5 Å². The molecule has 0 heterocycles. The largest absolute Gasteiger partial charge is 0.508 e. The van der Waals surface area contributed by atoms with Gasteiger partial charge >= 0.3 is 5.97 Å². The SMILES string of the molecule is Cc1cc(O)cc(C)c1C[C@H](N)[C@@H](O)C/C=C/[C@H](O)[C@H](Cc1ccccc1)C(=O)O[C@H](CO)Cc1ccccc1. The number of hydrogen-bond acceptors (Lipinski definition) is 7. The highest BCUT2D eigenvalue weighted by Gasteiger charge is 2.29. The van der Waals surface area contributed by atoms with Gasteiger partial charge in [0.05, 0.1) is 24.7 Å². The Kier molecular flexibility index (Phi) is 11.9. The monoisotopic (exact) mass is 547 g/mol. The Hall–Kier alpha value is -3.49. The van der Waals surface area contributed by atoms with E-state index >= 15 is 0 Å². The van der Waals surface area contributed by atoms with Crippen molar-refractivity contribution in [2.75, 3.05) is 6.61 Å². The number of hydrogen-bond donors (Lipinski definition) is 5. The summed E-state index contributed by atoms with van der Waals surface area (Å²) in [7, 11) is 0. The molecular formula is C33H41NO6. The van der Waals surface area contributed by atoms with Gasteiger partial charge in [0.25, 0.3) is 0 Å². The van der Waals surface area contributed by atoms with Crippen molar-refractivity contribution >= 4 is 5.97 Å². The molecule has 0 aliphatic heterocycles. The molecule has 3 rings (SSSR count). The van der Waals surface area contributed by atoms with E-state index in [-0.39, 0.29) is 25.2 Å². The van der Waals surface area contributed by atoms with Crippen molar-refractivity contribution in [3.05, 3.63) is 113 Å². The molecule has 5 atom stereocenters. The number of aliphatic hydroxyl groups excluding tert-OH is 3. The number of aryl methyl sites for hydroxylation is 2. The number of rotatable bonds is 14. The minimum atomic E-state index is -1.17. The van der Waals surface area contributed by atoms with Crippen molar-refractivity contribution in [2.24, 2.45) is 11.7 Å². The lowest BCUT2D eigenvalue weighted by Crippen LogP contribution is -2.37. The Morgan fingerprint density at radius 1 is 0.900 bits per heavy atom. The maximum absolute atomic E-state index is 13.2. The maximum Gasteiger partial charge on any atom is 0.312 e. The van der Waals surface area contributed by atoms with Gasteiger partial charge in [0.1, 0.15) is 11.9 Å². The molecule has 0 aliphatic rings. The van der Waals surface area contributed by atoms with E-state index in [1.807, 2.05) is 74.5 Å². The van der Waals surface area contributed by atoms with Crippen LogP contribution in [0.2, 0.25) is 0 Å². The fourth-order valence-corrected chi connectivity index (χ4v) is 4.81. The molecule has 3 aromatic carbocycles. The van der Waals surface area contributed by atoms with Gasteiger partial charge in [0.2, 0.25) is 0 Å². The predicted molar refractivity (Wildman–Crippen MR) is 156 cm³/mol. The van der Waals surface area contributed by atoms with E-state index in [1.165, 1.54) is 6.08 Å². The minimum Gasteiger partial charge on any atom is -0.508 e. The highest BCUT2D eigenvalue weighted by Crippen LogP contribution is 2.23. The van der Waals surface area contributed by atoms with Crippen LogP contribution in [0.15, 0.2) is 84.9 Å². The Morgan fingerprint density at radius 3 is 2.00 bits per heavy atom. The van der Waals surface area contributed by atoms with Crippen LogP contribution in [-0.4, -0.2) is 57.4 Å². The second-order valence-electron chi connectivity index (χ2n) is 10.4. The first-order chi connectivity index (χ1) is 19.2. The molecule has 6 N–H and O–H groups in total. The molecule has 0 amide bonds. The number of nitrogens with two attached hydrogens (primary N) is 1. The van der Waals surface area contributed by atoms with Gasteiger partial charge < -0.3 is 30.9 Å². The number of benzene rings is 3. The zero-order valence-corrected chi connectivity index (χ0v) is 23.2. The first-order valence-corrected chi connectivity index (χ1v) is 13.6. The molecule has 0 saturated carbocycles. The topological polar surface area (TPSA) is 133 Å². The summed E-state index contributed by atoms with van der Waals surface area (Å²) in [5, 5.41) is 41.3.